The average molecular weight is 712 g/mol. The molecule has 55 heavy (non-hydrogen) atoms. The molecular weight excluding hydrogens is 671 g/mol. The summed E-state index contributed by atoms with van der Waals surface area (Å²) in [5.74, 6) is 2.88. The van der Waals surface area contributed by atoms with Gasteiger partial charge in [0.25, 0.3) is 0 Å². The van der Waals surface area contributed by atoms with E-state index in [9.17, 15) is 0 Å². The van der Waals surface area contributed by atoms with Gasteiger partial charge in [0, 0.05) is 28.2 Å². The van der Waals surface area contributed by atoms with E-state index in [4.69, 9.17) is 9.73 Å². The first-order valence-electron chi connectivity index (χ1n) is 19.8. The Hall–Kier alpha value is -6.13. The van der Waals surface area contributed by atoms with Gasteiger partial charge in [-0.15, -0.1) is 0 Å². The highest BCUT2D eigenvalue weighted by atomic mass is 16.5. The first-order chi connectivity index (χ1) is 27.0. The summed E-state index contributed by atoms with van der Waals surface area (Å²) < 4.78 is 9.22. The summed E-state index contributed by atoms with van der Waals surface area (Å²) in [6, 6.07) is 53.3. The number of hydrogen-bond donors (Lipinski definition) is 1. The molecule has 0 saturated heterocycles. The predicted octanol–water partition coefficient (Wildman–Crippen LogP) is 11.9. The molecule has 7 aromatic carbocycles. The Morgan fingerprint density at radius 3 is 2.24 bits per heavy atom. The highest BCUT2D eigenvalue weighted by Gasteiger charge is 2.51. The number of fused-ring (bicyclic) bond motifs is 12. The van der Waals surface area contributed by atoms with Crippen LogP contribution in [0.2, 0.25) is 0 Å². The second kappa shape index (κ2) is 11.4. The zero-order valence-electron chi connectivity index (χ0n) is 31.0. The van der Waals surface area contributed by atoms with Crippen LogP contribution in [0.4, 0.5) is 0 Å². The van der Waals surface area contributed by atoms with Crippen molar-refractivity contribution >= 4 is 49.2 Å². The molecule has 1 aromatic heterocycles. The Balaban J connectivity index is 1.04. The van der Waals surface area contributed by atoms with Crippen LogP contribution in [0, 0.1) is 11.8 Å². The molecule has 0 fully saturated rings. The van der Waals surface area contributed by atoms with Crippen molar-refractivity contribution < 1.29 is 4.74 Å². The van der Waals surface area contributed by atoms with E-state index in [2.05, 4.69) is 181 Å². The SMILES string of the molecule is CC1(C)c2c(c(-n3c4ccccc4c4cc5ccccc5cc43)cc3ccccc23)C2C=CC(C3=NC(c4ccccc4)C4Oc5ccccc5C4N3)CC21. The summed E-state index contributed by atoms with van der Waals surface area (Å²) in [4.78, 5) is 5.54. The van der Waals surface area contributed by atoms with Gasteiger partial charge in [0.15, 0.2) is 0 Å². The zero-order valence-corrected chi connectivity index (χ0v) is 31.0. The smallest absolute Gasteiger partial charge is 0.149 e. The number of nitrogens with zero attached hydrogens (tertiary/aromatic N) is 2. The summed E-state index contributed by atoms with van der Waals surface area (Å²) in [6.45, 7) is 5.00. The number of nitrogens with one attached hydrogen (secondary N) is 1. The average Bonchev–Trinajstić information content (AvgIpc) is 3.85. The molecule has 6 unspecified atom stereocenters. The molecule has 3 heterocycles. The fourth-order valence-electron chi connectivity index (χ4n) is 11.0. The van der Waals surface area contributed by atoms with Crippen molar-refractivity contribution in [1.82, 2.24) is 9.88 Å². The normalized spacial score (nSPS) is 24.6. The molecule has 4 heteroatoms. The molecule has 266 valence electrons. The van der Waals surface area contributed by atoms with E-state index >= 15 is 0 Å². The van der Waals surface area contributed by atoms with Crippen LogP contribution in [0.15, 0.2) is 163 Å². The highest BCUT2D eigenvalue weighted by molar-refractivity contribution is 6.14. The van der Waals surface area contributed by atoms with Crippen LogP contribution in [0.5, 0.6) is 5.75 Å². The fraction of sp³-hybridized carbons (Fsp3) is 0.196. The van der Waals surface area contributed by atoms with Crippen molar-refractivity contribution in [2.75, 3.05) is 0 Å². The minimum atomic E-state index is -0.0895. The standard InChI is InChI=1S/C51H41N3O/c1-51(2)40-27-34(50-52-47(30-14-4-3-5-15-30)49-48(53-50)38-21-11-13-23-44(38)55-49)24-25-37(40)45-43(29-33-18-8-9-19-35(33)46(45)51)54-41-22-12-10-20-36(41)39-26-31-16-6-7-17-32(31)28-42(39)54/h3-26,28-29,34,37,40,47-49H,27H2,1-2H3,(H,52,53). The number of rotatable bonds is 3. The lowest BCUT2D eigenvalue weighted by molar-refractivity contribution is 0.158. The van der Waals surface area contributed by atoms with Crippen molar-refractivity contribution in [3.05, 3.63) is 180 Å². The Kier molecular flexibility index (Phi) is 6.50. The first kappa shape index (κ1) is 31.2. The number of allylic oxidation sites excluding steroid dienone is 1. The van der Waals surface area contributed by atoms with Gasteiger partial charge in [-0.3, -0.25) is 4.99 Å². The molecule has 0 amide bonds. The van der Waals surface area contributed by atoms with Gasteiger partial charge >= 0.3 is 0 Å². The lowest BCUT2D eigenvalue weighted by atomic mass is 9.68. The van der Waals surface area contributed by atoms with Crippen LogP contribution in [-0.4, -0.2) is 16.5 Å². The third-order valence-corrected chi connectivity index (χ3v) is 13.5. The van der Waals surface area contributed by atoms with Crippen LogP contribution >= 0.6 is 0 Å². The Labute approximate surface area is 320 Å². The molecule has 4 nitrogen and oxygen atoms in total. The van der Waals surface area contributed by atoms with Crippen LogP contribution < -0.4 is 10.1 Å². The lowest BCUT2D eigenvalue weighted by Crippen LogP contribution is -2.47. The van der Waals surface area contributed by atoms with E-state index < -0.39 is 0 Å². The second-order valence-electron chi connectivity index (χ2n) is 16.7. The molecule has 2 aliphatic heterocycles. The van der Waals surface area contributed by atoms with Crippen molar-refractivity contribution in [2.24, 2.45) is 16.8 Å². The van der Waals surface area contributed by atoms with Crippen molar-refractivity contribution in [3.63, 3.8) is 0 Å². The number of hydrogen-bond acceptors (Lipinski definition) is 3. The van der Waals surface area contributed by atoms with Gasteiger partial charge in [0.1, 0.15) is 23.7 Å². The summed E-state index contributed by atoms with van der Waals surface area (Å²) in [6.07, 6.45) is 5.94. The summed E-state index contributed by atoms with van der Waals surface area (Å²) in [7, 11) is 0. The molecule has 0 bridgehead atoms. The minimum Gasteiger partial charge on any atom is -0.485 e. The number of aliphatic imine (C=N–C) groups is 1. The quantitative estimate of drug-likeness (QED) is 0.185. The molecule has 1 N–H and O–H groups in total. The van der Waals surface area contributed by atoms with Gasteiger partial charge in [0.05, 0.1) is 22.8 Å². The van der Waals surface area contributed by atoms with Gasteiger partial charge in [-0.05, 0) is 86.3 Å². The minimum absolute atomic E-state index is 0.0516. The molecule has 12 rings (SSSR count). The number of aromatic nitrogens is 1. The molecule has 8 aromatic rings. The summed E-state index contributed by atoms with van der Waals surface area (Å²) in [5.41, 5.74) is 9.13. The van der Waals surface area contributed by atoms with Crippen LogP contribution in [0.1, 0.15) is 60.5 Å². The third-order valence-electron chi connectivity index (χ3n) is 13.5. The molecule has 0 spiro atoms. The molecule has 0 saturated carbocycles. The molecule has 6 atom stereocenters. The zero-order chi connectivity index (χ0) is 36.4. The van der Waals surface area contributed by atoms with E-state index in [1.165, 1.54) is 71.3 Å². The van der Waals surface area contributed by atoms with E-state index in [0.29, 0.717) is 5.92 Å². The van der Waals surface area contributed by atoms with Crippen LogP contribution in [0.3, 0.4) is 0 Å². The predicted molar refractivity (Wildman–Crippen MR) is 226 cm³/mol. The Morgan fingerprint density at radius 2 is 1.38 bits per heavy atom. The molecular formula is C51H41N3O. The third kappa shape index (κ3) is 4.43. The Bertz CT molecular complexity index is 2930. The van der Waals surface area contributed by atoms with Gasteiger partial charge in [-0.1, -0.05) is 141 Å². The second-order valence-corrected chi connectivity index (χ2v) is 16.7. The van der Waals surface area contributed by atoms with Crippen LogP contribution in [0.25, 0.3) is 49.0 Å². The number of para-hydroxylation sites is 2. The maximum atomic E-state index is 6.64. The maximum absolute atomic E-state index is 6.64. The van der Waals surface area contributed by atoms with E-state index in [0.717, 1.165) is 18.0 Å². The number of amidine groups is 1. The van der Waals surface area contributed by atoms with Gasteiger partial charge in [-0.25, -0.2) is 0 Å². The van der Waals surface area contributed by atoms with Gasteiger partial charge in [0.2, 0.25) is 0 Å². The van der Waals surface area contributed by atoms with Gasteiger partial charge in [-0.2, -0.15) is 0 Å². The van der Waals surface area contributed by atoms with Gasteiger partial charge < -0.3 is 14.6 Å². The molecule has 4 aliphatic rings. The summed E-state index contributed by atoms with van der Waals surface area (Å²) in [5, 5.41) is 11.8. The van der Waals surface area contributed by atoms with Crippen LogP contribution in [-0.2, 0) is 5.41 Å². The highest BCUT2D eigenvalue weighted by Crippen LogP contribution is 2.59. The van der Waals surface area contributed by atoms with Crippen molar-refractivity contribution in [1.29, 1.82) is 0 Å². The van der Waals surface area contributed by atoms with Crippen molar-refractivity contribution in [2.45, 2.75) is 49.8 Å². The lowest BCUT2D eigenvalue weighted by Gasteiger charge is -2.39. The monoisotopic (exact) mass is 711 g/mol. The largest absolute Gasteiger partial charge is 0.485 e. The fourth-order valence-corrected chi connectivity index (χ4v) is 11.0. The van der Waals surface area contributed by atoms with E-state index in [-0.39, 0.29) is 35.4 Å². The topological polar surface area (TPSA) is 38.5 Å². The van der Waals surface area contributed by atoms with Crippen molar-refractivity contribution in [3.8, 4) is 11.4 Å². The number of ether oxygens (including phenoxy) is 1. The Morgan fingerprint density at radius 1 is 0.673 bits per heavy atom. The molecule has 2 aliphatic carbocycles. The maximum Gasteiger partial charge on any atom is 0.149 e. The first-order valence-corrected chi connectivity index (χ1v) is 19.8. The molecule has 0 radical (unpaired) electrons. The van der Waals surface area contributed by atoms with E-state index in [1.54, 1.807) is 0 Å². The number of benzene rings is 7. The van der Waals surface area contributed by atoms with E-state index in [1.807, 2.05) is 0 Å². The summed E-state index contributed by atoms with van der Waals surface area (Å²) >= 11 is 0.